The summed E-state index contributed by atoms with van der Waals surface area (Å²) in [5, 5.41) is 3.45. The molecule has 2 unspecified atom stereocenters. The largest absolute Gasteiger partial charge is 0.315 e. The summed E-state index contributed by atoms with van der Waals surface area (Å²) in [5.41, 5.74) is 0. The van der Waals surface area contributed by atoms with Gasteiger partial charge >= 0.3 is 0 Å². The first kappa shape index (κ1) is 13.0. The summed E-state index contributed by atoms with van der Waals surface area (Å²) >= 11 is 0. The SMILES string of the molecule is CCC(NC)C(C)N(CC(C)C)C1CC1. The molecule has 1 aliphatic carbocycles. The van der Waals surface area contributed by atoms with Gasteiger partial charge in [-0.05, 0) is 39.2 Å². The lowest BCUT2D eigenvalue weighted by Gasteiger charge is -2.35. The molecule has 0 aromatic rings. The highest BCUT2D eigenvalue weighted by atomic mass is 15.2. The smallest absolute Gasteiger partial charge is 0.0223 e. The number of nitrogens with zero attached hydrogens (tertiary/aromatic N) is 1. The predicted octanol–water partition coefficient (Wildman–Crippen LogP) is 2.49. The Hall–Kier alpha value is -0.0800. The van der Waals surface area contributed by atoms with Gasteiger partial charge in [0, 0.05) is 24.7 Å². The average Bonchev–Trinajstić information content (AvgIpc) is 2.99. The van der Waals surface area contributed by atoms with Gasteiger partial charge in [-0.2, -0.15) is 0 Å². The molecule has 2 heteroatoms. The molecule has 0 amide bonds. The number of likely N-dealkylation sites (N-methyl/N-ethyl adjacent to an activating group) is 1. The Morgan fingerprint density at radius 3 is 2.20 bits per heavy atom. The summed E-state index contributed by atoms with van der Waals surface area (Å²) in [6.45, 7) is 10.6. The fourth-order valence-corrected chi connectivity index (χ4v) is 2.49. The van der Waals surface area contributed by atoms with Gasteiger partial charge in [0.2, 0.25) is 0 Å². The van der Waals surface area contributed by atoms with Gasteiger partial charge in [-0.1, -0.05) is 20.8 Å². The summed E-state index contributed by atoms with van der Waals surface area (Å²) in [7, 11) is 2.09. The number of rotatable bonds is 7. The zero-order valence-corrected chi connectivity index (χ0v) is 11.1. The Balaban J connectivity index is 2.53. The lowest BCUT2D eigenvalue weighted by Crippen LogP contribution is -2.49. The van der Waals surface area contributed by atoms with E-state index in [-0.39, 0.29) is 0 Å². The summed E-state index contributed by atoms with van der Waals surface area (Å²) in [6, 6.07) is 2.20. The van der Waals surface area contributed by atoms with Crippen molar-refractivity contribution >= 4 is 0 Å². The van der Waals surface area contributed by atoms with E-state index in [0.717, 1.165) is 12.0 Å². The maximum atomic E-state index is 3.45. The van der Waals surface area contributed by atoms with Crippen LogP contribution in [0.25, 0.3) is 0 Å². The van der Waals surface area contributed by atoms with Gasteiger partial charge in [0.1, 0.15) is 0 Å². The van der Waals surface area contributed by atoms with Crippen LogP contribution in [0.5, 0.6) is 0 Å². The van der Waals surface area contributed by atoms with Crippen molar-refractivity contribution in [2.75, 3.05) is 13.6 Å². The van der Waals surface area contributed by atoms with E-state index in [1.54, 1.807) is 0 Å². The maximum Gasteiger partial charge on any atom is 0.0223 e. The van der Waals surface area contributed by atoms with Crippen molar-refractivity contribution in [1.82, 2.24) is 10.2 Å². The highest BCUT2D eigenvalue weighted by Crippen LogP contribution is 2.30. The van der Waals surface area contributed by atoms with Crippen LogP contribution in [0.1, 0.15) is 47.0 Å². The third kappa shape index (κ3) is 3.76. The summed E-state index contributed by atoms with van der Waals surface area (Å²) in [4.78, 5) is 2.72. The van der Waals surface area contributed by atoms with Crippen LogP contribution >= 0.6 is 0 Å². The quantitative estimate of drug-likeness (QED) is 0.697. The topological polar surface area (TPSA) is 15.3 Å². The molecule has 1 fully saturated rings. The first-order valence-corrected chi connectivity index (χ1v) is 6.53. The molecule has 2 atom stereocenters. The van der Waals surface area contributed by atoms with Gasteiger partial charge in [0.15, 0.2) is 0 Å². The second-order valence-corrected chi connectivity index (χ2v) is 5.37. The van der Waals surface area contributed by atoms with Crippen molar-refractivity contribution in [1.29, 1.82) is 0 Å². The van der Waals surface area contributed by atoms with Crippen molar-refractivity contribution in [2.24, 2.45) is 5.92 Å². The number of hydrogen-bond acceptors (Lipinski definition) is 2. The maximum absolute atomic E-state index is 3.45. The minimum atomic E-state index is 0.643. The first-order chi connectivity index (χ1) is 7.10. The molecular weight excluding hydrogens is 184 g/mol. The molecule has 90 valence electrons. The molecule has 1 rings (SSSR count). The number of hydrogen-bond donors (Lipinski definition) is 1. The van der Waals surface area contributed by atoms with E-state index in [4.69, 9.17) is 0 Å². The second-order valence-electron chi connectivity index (χ2n) is 5.37. The normalized spacial score (nSPS) is 21.0. The molecule has 1 saturated carbocycles. The molecule has 1 aliphatic rings. The van der Waals surface area contributed by atoms with Crippen LogP contribution < -0.4 is 5.32 Å². The molecule has 0 aliphatic heterocycles. The van der Waals surface area contributed by atoms with Crippen LogP contribution in [-0.4, -0.2) is 36.6 Å². The molecule has 0 aromatic carbocycles. The van der Waals surface area contributed by atoms with Crippen LogP contribution in [-0.2, 0) is 0 Å². The Morgan fingerprint density at radius 1 is 1.27 bits per heavy atom. The Morgan fingerprint density at radius 2 is 1.87 bits per heavy atom. The molecular formula is C13H28N2. The van der Waals surface area contributed by atoms with Gasteiger partial charge in [0.25, 0.3) is 0 Å². The molecule has 0 radical (unpaired) electrons. The van der Waals surface area contributed by atoms with Gasteiger partial charge in [-0.15, -0.1) is 0 Å². The average molecular weight is 212 g/mol. The number of nitrogens with one attached hydrogen (secondary N) is 1. The fraction of sp³-hybridized carbons (Fsp3) is 1.00. The molecule has 15 heavy (non-hydrogen) atoms. The zero-order chi connectivity index (χ0) is 11.4. The van der Waals surface area contributed by atoms with Crippen LogP contribution in [0.2, 0.25) is 0 Å². The van der Waals surface area contributed by atoms with Gasteiger partial charge in [-0.25, -0.2) is 0 Å². The van der Waals surface area contributed by atoms with E-state index in [2.05, 4.69) is 45.0 Å². The monoisotopic (exact) mass is 212 g/mol. The predicted molar refractivity (Wildman–Crippen MR) is 67.2 cm³/mol. The summed E-state index contributed by atoms with van der Waals surface area (Å²) in [5.74, 6) is 0.780. The van der Waals surface area contributed by atoms with Crippen molar-refractivity contribution < 1.29 is 0 Å². The van der Waals surface area contributed by atoms with Gasteiger partial charge < -0.3 is 5.32 Å². The van der Waals surface area contributed by atoms with Crippen molar-refractivity contribution in [3.8, 4) is 0 Å². The lowest BCUT2D eigenvalue weighted by molar-refractivity contribution is 0.143. The van der Waals surface area contributed by atoms with E-state index in [1.165, 1.54) is 25.8 Å². The van der Waals surface area contributed by atoms with Crippen LogP contribution in [0, 0.1) is 5.92 Å². The molecule has 0 spiro atoms. The van der Waals surface area contributed by atoms with E-state index < -0.39 is 0 Å². The van der Waals surface area contributed by atoms with E-state index in [9.17, 15) is 0 Å². The first-order valence-electron chi connectivity index (χ1n) is 6.53. The van der Waals surface area contributed by atoms with Crippen LogP contribution in [0.4, 0.5) is 0 Å². The molecule has 0 heterocycles. The molecule has 1 N–H and O–H groups in total. The Bertz CT molecular complexity index is 171. The minimum Gasteiger partial charge on any atom is -0.315 e. The lowest BCUT2D eigenvalue weighted by atomic mass is 10.0. The minimum absolute atomic E-state index is 0.643. The van der Waals surface area contributed by atoms with Gasteiger partial charge in [0.05, 0.1) is 0 Å². The van der Waals surface area contributed by atoms with E-state index in [0.29, 0.717) is 12.1 Å². The molecule has 2 nitrogen and oxygen atoms in total. The fourth-order valence-electron chi connectivity index (χ4n) is 2.49. The third-order valence-electron chi connectivity index (χ3n) is 3.51. The molecule has 0 bridgehead atoms. The van der Waals surface area contributed by atoms with E-state index in [1.807, 2.05) is 0 Å². The molecule has 0 aromatic heterocycles. The van der Waals surface area contributed by atoms with Crippen LogP contribution in [0.3, 0.4) is 0 Å². The standard InChI is InChI=1S/C13H28N2/c1-6-13(14-5)11(4)15(9-10(2)3)12-7-8-12/h10-14H,6-9H2,1-5H3. The highest BCUT2D eigenvalue weighted by molar-refractivity contribution is 4.91. The van der Waals surface area contributed by atoms with Crippen LogP contribution in [0.15, 0.2) is 0 Å². The highest BCUT2D eigenvalue weighted by Gasteiger charge is 2.34. The second kappa shape index (κ2) is 5.86. The Kier molecular flexibility index (Phi) is 5.07. The molecule has 0 saturated heterocycles. The van der Waals surface area contributed by atoms with Gasteiger partial charge in [-0.3, -0.25) is 4.90 Å². The zero-order valence-electron chi connectivity index (χ0n) is 11.1. The third-order valence-corrected chi connectivity index (χ3v) is 3.51. The summed E-state index contributed by atoms with van der Waals surface area (Å²) in [6.07, 6.45) is 4.05. The van der Waals surface area contributed by atoms with Crippen molar-refractivity contribution in [3.05, 3.63) is 0 Å². The van der Waals surface area contributed by atoms with E-state index >= 15 is 0 Å². The Labute approximate surface area is 95.4 Å². The van der Waals surface area contributed by atoms with Crippen molar-refractivity contribution in [2.45, 2.75) is 65.1 Å². The van der Waals surface area contributed by atoms with Crippen molar-refractivity contribution in [3.63, 3.8) is 0 Å². The summed E-state index contributed by atoms with van der Waals surface area (Å²) < 4.78 is 0.